The van der Waals surface area contributed by atoms with Crippen molar-refractivity contribution in [2.75, 3.05) is 17.2 Å². The van der Waals surface area contributed by atoms with E-state index >= 15 is 0 Å². The smallest absolute Gasteiger partial charge is 0.226 e. The van der Waals surface area contributed by atoms with Gasteiger partial charge in [-0.25, -0.2) is 0 Å². The molecule has 2 aromatic carbocycles. The lowest BCUT2D eigenvalue weighted by Crippen LogP contribution is -2.16. The minimum Gasteiger partial charge on any atom is -0.384 e. The number of carbonyl (C=O) groups is 1. The number of rotatable bonds is 5. The average Bonchev–Trinajstić information content (AvgIpc) is 2.50. The summed E-state index contributed by atoms with van der Waals surface area (Å²) in [6.07, 6.45) is 0.365. The standard InChI is InChI=1S/C18H19N3O/c1-13-6-7-17(14(2)10-13)21-18(22)8-9-20-16-5-3-4-15(11-16)12-19/h3-7,10-11,20H,8-9H2,1-2H3,(H,21,22). The summed E-state index contributed by atoms with van der Waals surface area (Å²) < 4.78 is 0. The number of nitrogens with one attached hydrogen (secondary N) is 2. The van der Waals surface area contributed by atoms with Crippen LogP contribution >= 0.6 is 0 Å². The number of hydrogen-bond donors (Lipinski definition) is 2. The molecule has 0 atom stereocenters. The van der Waals surface area contributed by atoms with Crippen LogP contribution in [-0.4, -0.2) is 12.5 Å². The van der Waals surface area contributed by atoms with Crippen LogP contribution in [-0.2, 0) is 4.79 Å². The molecule has 112 valence electrons. The highest BCUT2D eigenvalue weighted by atomic mass is 16.1. The molecular formula is C18H19N3O. The van der Waals surface area contributed by atoms with E-state index in [1.165, 1.54) is 5.56 Å². The quantitative estimate of drug-likeness (QED) is 0.885. The number of aryl methyl sites for hydroxylation is 2. The first kappa shape index (κ1) is 15.6. The van der Waals surface area contributed by atoms with Crippen molar-refractivity contribution in [3.05, 3.63) is 59.2 Å². The molecule has 0 saturated carbocycles. The number of anilines is 2. The monoisotopic (exact) mass is 293 g/mol. The van der Waals surface area contributed by atoms with E-state index in [1.54, 1.807) is 12.1 Å². The van der Waals surface area contributed by atoms with Crippen molar-refractivity contribution >= 4 is 17.3 Å². The molecule has 2 N–H and O–H groups in total. The predicted octanol–water partition coefficient (Wildman–Crippen LogP) is 3.62. The number of nitrogens with zero attached hydrogens (tertiary/aromatic N) is 1. The Morgan fingerprint density at radius 1 is 1.18 bits per heavy atom. The summed E-state index contributed by atoms with van der Waals surface area (Å²) in [5.74, 6) is -0.0316. The van der Waals surface area contributed by atoms with Crippen LogP contribution in [0.4, 0.5) is 11.4 Å². The Bertz CT molecular complexity index is 717. The maximum absolute atomic E-state index is 12.0. The normalized spacial score (nSPS) is 9.86. The van der Waals surface area contributed by atoms with Gasteiger partial charge in [0, 0.05) is 24.3 Å². The highest BCUT2D eigenvalue weighted by Crippen LogP contribution is 2.16. The highest BCUT2D eigenvalue weighted by molar-refractivity contribution is 5.91. The fourth-order valence-corrected chi connectivity index (χ4v) is 2.19. The van der Waals surface area contributed by atoms with Gasteiger partial charge < -0.3 is 10.6 Å². The van der Waals surface area contributed by atoms with Gasteiger partial charge in [-0.3, -0.25) is 4.79 Å². The first-order valence-corrected chi connectivity index (χ1v) is 7.19. The molecule has 0 bridgehead atoms. The second-order valence-corrected chi connectivity index (χ2v) is 5.24. The molecule has 0 aliphatic carbocycles. The Labute approximate surface area is 130 Å². The lowest BCUT2D eigenvalue weighted by Gasteiger charge is -2.10. The van der Waals surface area contributed by atoms with Crippen LogP contribution < -0.4 is 10.6 Å². The fourth-order valence-electron chi connectivity index (χ4n) is 2.19. The van der Waals surface area contributed by atoms with E-state index < -0.39 is 0 Å². The van der Waals surface area contributed by atoms with Crippen molar-refractivity contribution in [1.82, 2.24) is 0 Å². The Balaban J connectivity index is 1.84. The third kappa shape index (κ3) is 4.35. The van der Waals surface area contributed by atoms with Gasteiger partial charge in [-0.2, -0.15) is 5.26 Å². The molecule has 0 aliphatic rings. The molecular weight excluding hydrogens is 274 g/mol. The molecule has 0 heterocycles. The Morgan fingerprint density at radius 3 is 2.73 bits per heavy atom. The number of hydrogen-bond acceptors (Lipinski definition) is 3. The summed E-state index contributed by atoms with van der Waals surface area (Å²) in [5.41, 5.74) is 4.53. The zero-order valence-electron chi connectivity index (χ0n) is 12.8. The van der Waals surface area contributed by atoms with Crippen LogP contribution in [0.2, 0.25) is 0 Å². The lowest BCUT2D eigenvalue weighted by molar-refractivity contribution is -0.115. The highest BCUT2D eigenvalue weighted by Gasteiger charge is 2.05. The van der Waals surface area contributed by atoms with Gasteiger partial charge in [0.2, 0.25) is 5.91 Å². The Morgan fingerprint density at radius 2 is 2.00 bits per heavy atom. The van der Waals surface area contributed by atoms with Crippen LogP contribution in [0.15, 0.2) is 42.5 Å². The molecule has 0 unspecified atom stereocenters. The first-order chi connectivity index (χ1) is 10.6. The molecule has 0 saturated heterocycles. The van der Waals surface area contributed by atoms with E-state index in [0.717, 1.165) is 16.9 Å². The number of benzene rings is 2. The molecule has 4 nitrogen and oxygen atoms in total. The summed E-state index contributed by atoms with van der Waals surface area (Å²) in [6, 6.07) is 15.2. The van der Waals surface area contributed by atoms with Crippen molar-refractivity contribution in [2.24, 2.45) is 0 Å². The second kappa shape index (κ2) is 7.28. The van der Waals surface area contributed by atoms with Gasteiger partial charge in [-0.15, -0.1) is 0 Å². The van der Waals surface area contributed by atoms with E-state index in [2.05, 4.69) is 16.7 Å². The van der Waals surface area contributed by atoms with Crippen LogP contribution in [0, 0.1) is 25.2 Å². The number of nitriles is 1. The lowest BCUT2D eigenvalue weighted by atomic mass is 10.1. The second-order valence-electron chi connectivity index (χ2n) is 5.24. The van der Waals surface area contributed by atoms with E-state index in [-0.39, 0.29) is 5.91 Å². The third-order valence-corrected chi connectivity index (χ3v) is 3.33. The van der Waals surface area contributed by atoms with E-state index in [0.29, 0.717) is 18.5 Å². The van der Waals surface area contributed by atoms with Crippen molar-refractivity contribution in [3.63, 3.8) is 0 Å². The predicted molar refractivity (Wildman–Crippen MR) is 88.8 cm³/mol. The third-order valence-electron chi connectivity index (χ3n) is 3.33. The van der Waals surface area contributed by atoms with Gasteiger partial charge in [-0.1, -0.05) is 23.8 Å². The number of amides is 1. The van der Waals surface area contributed by atoms with Gasteiger partial charge in [0.25, 0.3) is 0 Å². The molecule has 22 heavy (non-hydrogen) atoms. The van der Waals surface area contributed by atoms with E-state index in [9.17, 15) is 4.79 Å². The average molecular weight is 293 g/mol. The minimum atomic E-state index is -0.0316. The van der Waals surface area contributed by atoms with Crippen LogP contribution in [0.25, 0.3) is 0 Å². The van der Waals surface area contributed by atoms with Gasteiger partial charge in [0.15, 0.2) is 0 Å². The van der Waals surface area contributed by atoms with Crippen molar-refractivity contribution in [1.29, 1.82) is 5.26 Å². The van der Waals surface area contributed by atoms with Gasteiger partial charge in [-0.05, 0) is 43.7 Å². The molecule has 0 aliphatic heterocycles. The molecule has 1 amide bonds. The van der Waals surface area contributed by atoms with Gasteiger partial charge in [0.1, 0.15) is 0 Å². The largest absolute Gasteiger partial charge is 0.384 e. The zero-order chi connectivity index (χ0) is 15.9. The molecule has 0 aromatic heterocycles. The summed E-state index contributed by atoms with van der Waals surface area (Å²) >= 11 is 0. The van der Waals surface area contributed by atoms with E-state index in [1.807, 2.05) is 44.2 Å². The number of carbonyl (C=O) groups excluding carboxylic acids is 1. The van der Waals surface area contributed by atoms with Crippen molar-refractivity contribution in [2.45, 2.75) is 20.3 Å². The molecule has 0 radical (unpaired) electrons. The van der Waals surface area contributed by atoms with Crippen molar-refractivity contribution in [3.8, 4) is 6.07 Å². The SMILES string of the molecule is Cc1ccc(NC(=O)CCNc2cccc(C#N)c2)c(C)c1. The molecule has 2 rings (SSSR count). The Hall–Kier alpha value is -2.80. The van der Waals surface area contributed by atoms with Gasteiger partial charge in [0.05, 0.1) is 11.6 Å². The Kier molecular flexibility index (Phi) is 5.16. The van der Waals surface area contributed by atoms with Crippen molar-refractivity contribution < 1.29 is 4.79 Å². The zero-order valence-corrected chi connectivity index (χ0v) is 12.8. The van der Waals surface area contributed by atoms with Crippen LogP contribution in [0.1, 0.15) is 23.1 Å². The summed E-state index contributed by atoms with van der Waals surface area (Å²) in [4.78, 5) is 12.0. The summed E-state index contributed by atoms with van der Waals surface area (Å²) in [7, 11) is 0. The van der Waals surface area contributed by atoms with Crippen LogP contribution in [0.5, 0.6) is 0 Å². The minimum absolute atomic E-state index is 0.0316. The molecule has 0 fully saturated rings. The maximum Gasteiger partial charge on any atom is 0.226 e. The molecule has 4 heteroatoms. The van der Waals surface area contributed by atoms with Crippen LogP contribution in [0.3, 0.4) is 0 Å². The molecule has 2 aromatic rings. The fraction of sp³-hybridized carbons (Fsp3) is 0.222. The molecule has 0 spiro atoms. The summed E-state index contributed by atoms with van der Waals surface area (Å²) in [6.45, 7) is 4.53. The van der Waals surface area contributed by atoms with Gasteiger partial charge >= 0.3 is 0 Å². The first-order valence-electron chi connectivity index (χ1n) is 7.19. The topological polar surface area (TPSA) is 64.9 Å². The van der Waals surface area contributed by atoms with E-state index in [4.69, 9.17) is 5.26 Å². The summed E-state index contributed by atoms with van der Waals surface area (Å²) in [5, 5.41) is 14.9. The maximum atomic E-state index is 12.0.